The number of alkyl halides is 1. The van der Waals surface area contributed by atoms with Crippen LogP contribution in [0.15, 0.2) is 23.1 Å². The van der Waals surface area contributed by atoms with E-state index in [1.807, 2.05) is 18.4 Å². The summed E-state index contributed by atoms with van der Waals surface area (Å²) in [7, 11) is 0. The molecule has 1 rings (SSSR count). The lowest BCUT2D eigenvalue weighted by molar-refractivity contribution is 0.0693. The van der Waals surface area contributed by atoms with Crippen molar-refractivity contribution in [3.63, 3.8) is 0 Å². The van der Waals surface area contributed by atoms with Crippen molar-refractivity contribution in [2.75, 3.05) is 6.26 Å². The summed E-state index contributed by atoms with van der Waals surface area (Å²) in [6.07, 6.45) is 1.88. The third kappa shape index (κ3) is 2.60. The lowest BCUT2D eigenvalue weighted by atomic mass is 10.1. The van der Waals surface area contributed by atoms with Gasteiger partial charge >= 0.3 is 5.97 Å². The molecular formula is C9H9IO2S. The first-order chi connectivity index (χ1) is 6.19. The van der Waals surface area contributed by atoms with E-state index in [0.29, 0.717) is 5.56 Å². The van der Waals surface area contributed by atoms with Gasteiger partial charge in [0, 0.05) is 9.32 Å². The van der Waals surface area contributed by atoms with Crippen molar-refractivity contribution in [1.82, 2.24) is 0 Å². The van der Waals surface area contributed by atoms with E-state index in [0.717, 1.165) is 14.9 Å². The van der Waals surface area contributed by atoms with Gasteiger partial charge in [-0.25, -0.2) is 4.79 Å². The summed E-state index contributed by atoms with van der Waals surface area (Å²) in [5.41, 5.74) is 1.46. The molecule has 0 atom stereocenters. The SMILES string of the molecule is CSc1ccc(CI)cc1C(=O)O. The molecule has 70 valence electrons. The number of aromatic carboxylic acids is 1. The van der Waals surface area contributed by atoms with Crippen LogP contribution in [0.4, 0.5) is 0 Å². The van der Waals surface area contributed by atoms with Gasteiger partial charge in [0.25, 0.3) is 0 Å². The zero-order valence-corrected chi connectivity index (χ0v) is 10.1. The maximum absolute atomic E-state index is 10.8. The third-order valence-electron chi connectivity index (χ3n) is 1.65. The van der Waals surface area contributed by atoms with Crippen LogP contribution in [0.5, 0.6) is 0 Å². The minimum atomic E-state index is -0.851. The van der Waals surface area contributed by atoms with E-state index >= 15 is 0 Å². The van der Waals surface area contributed by atoms with Crippen LogP contribution in [-0.4, -0.2) is 17.3 Å². The first-order valence-electron chi connectivity index (χ1n) is 3.65. The summed E-state index contributed by atoms with van der Waals surface area (Å²) in [5, 5.41) is 8.90. The van der Waals surface area contributed by atoms with Crippen LogP contribution < -0.4 is 0 Å². The first kappa shape index (κ1) is 10.8. The fourth-order valence-electron chi connectivity index (χ4n) is 1.01. The molecule has 0 aliphatic carbocycles. The van der Waals surface area contributed by atoms with Gasteiger partial charge < -0.3 is 5.11 Å². The van der Waals surface area contributed by atoms with Crippen molar-refractivity contribution in [2.45, 2.75) is 9.32 Å². The average Bonchev–Trinajstić information content (AvgIpc) is 2.16. The van der Waals surface area contributed by atoms with E-state index in [-0.39, 0.29) is 0 Å². The molecule has 0 aliphatic heterocycles. The number of hydrogen-bond acceptors (Lipinski definition) is 2. The fourth-order valence-corrected chi connectivity index (χ4v) is 2.05. The smallest absolute Gasteiger partial charge is 0.336 e. The Morgan fingerprint density at radius 2 is 2.31 bits per heavy atom. The van der Waals surface area contributed by atoms with Crippen LogP contribution in [0.3, 0.4) is 0 Å². The molecule has 0 fully saturated rings. The zero-order chi connectivity index (χ0) is 9.84. The third-order valence-corrected chi connectivity index (χ3v) is 3.33. The Bertz CT molecular complexity index is 325. The van der Waals surface area contributed by atoms with E-state index in [1.54, 1.807) is 6.07 Å². The number of thioether (sulfide) groups is 1. The van der Waals surface area contributed by atoms with Crippen LogP contribution in [0.1, 0.15) is 15.9 Å². The van der Waals surface area contributed by atoms with Crippen molar-refractivity contribution in [2.24, 2.45) is 0 Å². The maximum Gasteiger partial charge on any atom is 0.336 e. The van der Waals surface area contributed by atoms with E-state index in [2.05, 4.69) is 22.6 Å². The Kier molecular flexibility index (Phi) is 4.05. The van der Waals surface area contributed by atoms with Crippen LogP contribution in [0, 0.1) is 0 Å². The highest BCUT2D eigenvalue weighted by atomic mass is 127. The molecule has 1 N–H and O–H groups in total. The van der Waals surface area contributed by atoms with Gasteiger partial charge in [-0.05, 0) is 24.0 Å². The van der Waals surface area contributed by atoms with E-state index in [9.17, 15) is 4.79 Å². The summed E-state index contributed by atoms with van der Waals surface area (Å²) in [6, 6.07) is 5.56. The molecule has 1 aromatic rings. The Balaban J connectivity index is 3.18. The van der Waals surface area contributed by atoms with Gasteiger partial charge in [-0.3, -0.25) is 0 Å². The van der Waals surface area contributed by atoms with Gasteiger partial charge in [-0.1, -0.05) is 28.7 Å². The second-order valence-corrected chi connectivity index (χ2v) is 4.08. The first-order valence-corrected chi connectivity index (χ1v) is 6.40. The molecule has 0 spiro atoms. The molecule has 0 amide bonds. The van der Waals surface area contributed by atoms with E-state index in [4.69, 9.17) is 5.11 Å². The van der Waals surface area contributed by atoms with Gasteiger partial charge in [-0.15, -0.1) is 11.8 Å². The molecule has 0 saturated carbocycles. The van der Waals surface area contributed by atoms with Gasteiger partial charge in [-0.2, -0.15) is 0 Å². The van der Waals surface area contributed by atoms with Gasteiger partial charge in [0.1, 0.15) is 0 Å². The van der Waals surface area contributed by atoms with Crippen molar-refractivity contribution in [3.8, 4) is 0 Å². The molecule has 0 radical (unpaired) electrons. The Morgan fingerprint density at radius 3 is 2.77 bits per heavy atom. The standard InChI is InChI=1S/C9H9IO2S/c1-13-8-3-2-6(5-10)4-7(8)9(11)12/h2-4H,5H2,1H3,(H,11,12). The Morgan fingerprint density at radius 1 is 1.62 bits per heavy atom. The minimum Gasteiger partial charge on any atom is -0.478 e. The van der Waals surface area contributed by atoms with E-state index < -0.39 is 5.97 Å². The molecule has 2 nitrogen and oxygen atoms in total. The number of halogens is 1. The molecule has 13 heavy (non-hydrogen) atoms. The highest BCUT2D eigenvalue weighted by molar-refractivity contribution is 14.1. The minimum absolute atomic E-state index is 0.404. The van der Waals surface area contributed by atoms with Crippen LogP contribution in [0.25, 0.3) is 0 Å². The molecule has 0 unspecified atom stereocenters. The van der Waals surface area contributed by atoms with Crippen molar-refractivity contribution < 1.29 is 9.90 Å². The second-order valence-electron chi connectivity index (χ2n) is 2.47. The van der Waals surface area contributed by atoms with E-state index in [1.165, 1.54) is 11.8 Å². The predicted octanol–water partition coefficient (Wildman–Crippen LogP) is 3.04. The van der Waals surface area contributed by atoms with Gasteiger partial charge in [0.05, 0.1) is 5.56 Å². The van der Waals surface area contributed by atoms with Crippen LogP contribution >= 0.6 is 34.4 Å². The fraction of sp³-hybridized carbons (Fsp3) is 0.222. The molecule has 0 saturated heterocycles. The number of carboxylic acids is 1. The Labute approximate surface area is 94.9 Å². The van der Waals surface area contributed by atoms with Gasteiger partial charge in [0.15, 0.2) is 0 Å². The summed E-state index contributed by atoms with van der Waals surface area (Å²) < 4.78 is 0.840. The van der Waals surface area contributed by atoms with Crippen molar-refractivity contribution in [3.05, 3.63) is 29.3 Å². The summed E-state index contributed by atoms with van der Waals surface area (Å²) in [5.74, 6) is -0.851. The number of hydrogen-bond donors (Lipinski definition) is 1. The maximum atomic E-state index is 10.8. The Hall–Kier alpha value is -0.230. The number of carboxylic acid groups (broad SMARTS) is 1. The highest BCUT2D eigenvalue weighted by Crippen LogP contribution is 2.22. The highest BCUT2D eigenvalue weighted by Gasteiger charge is 2.09. The molecule has 0 aliphatic rings. The normalized spacial score (nSPS) is 10.0. The monoisotopic (exact) mass is 308 g/mol. The lowest BCUT2D eigenvalue weighted by Gasteiger charge is -2.04. The van der Waals surface area contributed by atoms with Crippen LogP contribution in [-0.2, 0) is 4.43 Å². The predicted molar refractivity (Wildman–Crippen MR) is 62.9 cm³/mol. The zero-order valence-electron chi connectivity index (χ0n) is 7.08. The van der Waals surface area contributed by atoms with Crippen molar-refractivity contribution in [1.29, 1.82) is 0 Å². The summed E-state index contributed by atoms with van der Waals surface area (Å²) in [4.78, 5) is 11.7. The molecular weight excluding hydrogens is 299 g/mol. The molecule has 4 heteroatoms. The summed E-state index contributed by atoms with van der Waals surface area (Å²) >= 11 is 3.68. The molecule has 1 aromatic carbocycles. The number of carbonyl (C=O) groups is 1. The molecule has 0 heterocycles. The molecule has 0 bridgehead atoms. The number of rotatable bonds is 3. The van der Waals surface area contributed by atoms with Crippen LogP contribution in [0.2, 0.25) is 0 Å². The number of benzene rings is 1. The van der Waals surface area contributed by atoms with Gasteiger partial charge in [0.2, 0.25) is 0 Å². The average molecular weight is 308 g/mol. The summed E-state index contributed by atoms with van der Waals surface area (Å²) in [6.45, 7) is 0. The topological polar surface area (TPSA) is 37.3 Å². The largest absolute Gasteiger partial charge is 0.478 e. The lowest BCUT2D eigenvalue weighted by Crippen LogP contribution is -1.99. The second kappa shape index (κ2) is 4.85. The van der Waals surface area contributed by atoms with Crippen molar-refractivity contribution >= 4 is 40.3 Å². The quantitative estimate of drug-likeness (QED) is 0.530. The molecule has 0 aromatic heterocycles.